The Balaban J connectivity index is 1.52. The molecular weight excluding hydrogens is 310 g/mol. The van der Waals surface area contributed by atoms with Crippen LogP contribution in [0.5, 0.6) is 0 Å². The summed E-state index contributed by atoms with van der Waals surface area (Å²) in [6, 6.07) is 8.25. The van der Waals surface area contributed by atoms with Gasteiger partial charge in [-0.3, -0.25) is 4.79 Å². The number of thioether (sulfide) groups is 1. The van der Waals surface area contributed by atoms with Crippen molar-refractivity contribution in [2.75, 3.05) is 6.54 Å². The van der Waals surface area contributed by atoms with Gasteiger partial charge in [0.15, 0.2) is 5.82 Å². The third-order valence-corrected chi connectivity index (χ3v) is 5.85. The number of likely N-dealkylation sites (tertiary alicyclic amines) is 1. The Hall–Kier alpha value is -1.82. The average Bonchev–Trinajstić information content (AvgIpc) is 3.30. The zero-order valence-electron chi connectivity index (χ0n) is 13.1. The molecule has 0 saturated carbocycles. The van der Waals surface area contributed by atoms with Gasteiger partial charge in [0.25, 0.3) is 0 Å². The van der Waals surface area contributed by atoms with Crippen LogP contribution in [0.2, 0.25) is 0 Å². The van der Waals surface area contributed by atoms with Crippen LogP contribution in [0.4, 0.5) is 0 Å². The van der Waals surface area contributed by atoms with Crippen LogP contribution in [0.1, 0.15) is 43.1 Å². The Morgan fingerprint density at radius 1 is 1.43 bits per heavy atom. The molecule has 0 bridgehead atoms. The van der Waals surface area contributed by atoms with Crippen LogP contribution < -0.4 is 0 Å². The van der Waals surface area contributed by atoms with Crippen molar-refractivity contribution in [3.63, 3.8) is 0 Å². The van der Waals surface area contributed by atoms with Gasteiger partial charge in [0.2, 0.25) is 11.8 Å². The molecule has 1 amide bonds. The molecular formula is C17H19N3O2S. The van der Waals surface area contributed by atoms with E-state index in [0.29, 0.717) is 11.7 Å². The van der Waals surface area contributed by atoms with Crippen LogP contribution in [-0.4, -0.2) is 32.7 Å². The molecule has 1 saturated heterocycles. The second-order valence-electron chi connectivity index (χ2n) is 6.01. The van der Waals surface area contributed by atoms with E-state index in [2.05, 4.69) is 22.3 Å². The van der Waals surface area contributed by atoms with E-state index in [1.807, 2.05) is 24.0 Å². The van der Waals surface area contributed by atoms with E-state index >= 15 is 0 Å². The Labute approximate surface area is 139 Å². The molecule has 0 N–H and O–H groups in total. The zero-order chi connectivity index (χ0) is 15.8. The van der Waals surface area contributed by atoms with Crippen molar-refractivity contribution in [2.45, 2.75) is 48.8 Å². The van der Waals surface area contributed by atoms with Crippen molar-refractivity contribution in [1.29, 1.82) is 0 Å². The maximum Gasteiger partial charge on any atom is 0.237 e. The molecule has 1 fully saturated rings. The number of amides is 1. The SMILES string of the molecule is CCc1nc(C2CCCN2C(=O)C2Cc3ccccc3S2)no1. The van der Waals surface area contributed by atoms with E-state index in [9.17, 15) is 4.79 Å². The number of nitrogens with zero attached hydrogens (tertiary/aromatic N) is 3. The van der Waals surface area contributed by atoms with E-state index in [1.54, 1.807) is 11.8 Å². The van der Waals surface area contributed by atoms with Gasteiger partial charge in [-0.1, -0.05) is 30.3 Å². The van der Waals surface area contributed by atoms with Gasteiger partial charge in [0, 0.05) is 17.9 Å². The summed E-state index contributed by atoms with van der Waals surface area (Å²) in [5, 5.41) is 4.06. The second-order valence-corrected chi connectivity index (χ2v) is 7.25. The number of benzene rings is 1. The number of aromatic nitrogens is 2. The minimum Gasteiger partial charge on any atom is -0.339 e. The van der Waals surface area contributed by atoms with Gasteiger partial charge in [-0.15, -0.1) is 11.8 Å². The first-order valence-electron chi connectivity index (χ1n) is 8.13. The molecule has 2 atom stereocenters. The molecule has 3 heterocycles. The lowest BCUT2D eigenvalue weighted by atomic mass is 10.1. The minimum atomic E-state index is -0.0316. The van der Waals surface area contributed by atoms with Crippen molar-refractivity contribution in [1.82, 2.24) is 15.0 Å². The number of carbonyl (C=O) groups excluding carboxylic acids is 1. The van der Waals surface area contributed by atoms with Crippen molar-refractivity contribution in [3.8, 4) is 0 Å². The molecule has 2 unspecified atom stereocenters. The van der Waals surface area contributed by atoms with Crippen LogP contribution in [0, 0.1) is 0 Å². The summed E-state index contributed by atoms with van der Waals surface area (Å²) in [6.07, 6.45) is 3.45. The van der Waals surface area contributed by atoms with Gasteiger partial charge in [-0.25, -0.2) is 0 Å². The largest absolute Gasteiger partial charge is 0.339 e. The van der Waals surface area contributed by atoms with Crippen molar-refractivity contribution in [2.24, 2.45) is 0 Å². The van der Waals surface area contributed by atoms with Crippen molar-refractivity contribution < 1.29 is 9.32 Å². The van der Waals surface area contributed by atoms with E-state index in [-0.39, 0.29) is 17.2 Å². The molecule has 4 rings (SSSR count). The number of fused-ring (bicyclic) bond motifs is 1. The molecule has 0 spiro atoms. The zero-order valence-corrected chi connectivity index (χ0v) is 13.9. The Morgan fingerprint density at radius 2 is 2.30 bits per heavy atom. The molecule has 1 aromatic heterocycles. The minimum absolute atomic E-state index is 0.0226. The molecule has 2 aromatic rings. The van der Waals surface area contributed by atoms with Crippen LogP contribution in [0.15, 0.2) is 33.7 Å². The lowest BCUT2D eigenvalue weighted by Crippen LogP contribution is -2.37. The summed E-state index contributed by atoms with van der Waals surface area (Å²) in [5.74, 6) is 1.51. The maximum absolute atomic E-state index is 13.0. The van der Waals surface area contributed by atoms with Gasteiger partial charge in [-0.2, -0.15) is 4.98 Å². The third kappa shape index (κ3) is 2.65. The molecule has 23 heavy (non-hydrogen) atoms. The molecule has 120 valence electrons. The predicted molar refractivity (Wildman–Crippen MR) is 87.2 cm³/mol. The fourth-order valence-electron chi connectivity index (χ4n) is 3.35. The van der Waals surface area contributed by atoms with Gasteiger partial charge in [-0.05, 0) is 30.9 Å². The topological polar surface area (TPSA) is 59.2 Å². The highest BCUT2D eigenvalue weighted by Gasteiger charge is 2.38. The lowest BCUT2D eigenvalue weighted by Gasteiger charge is -2.24. The highest BCUT2D eigenvalue weighted by molar-refractivity contribution is 8.01. The normalized spacial score (nSPS) is 23.3. The number of rotatable bonds is 3. The first-order valence-corrected chi connectivity index (χ1v) is 9.01. The Bertz CT molecular complexity index is 705. The molecule has 0 radical (unpaired) electrons. The quantitative estimate of drug-likeness (QED) is 0.866. The number of hydrogen-bond acceptors (Lipinski definition) is 5. The highest BCUT2D eigenvalue weighted by atomic mass is 32.2. The monoisotopic (exact) mass is 329 g/mol. The molecule has 6 heteroatoms. The van der Waals surface area contributed by atoms with E-state index in [4.69, 9.17) is 4.52 Å². The Morgan fingerprint density at radius 3 is 3.09 bits per heavy atom. The maximum atomic E-state index is 13.0. The van der Waals surface area contributed by atoms with Crippen LogP contribution >= 0.6 is 11.8 Å². The van der Waals surface area contributed by atoms with Gasteiger partial charge in [0.05, 0.1) is 11.3 Å². The van der Waals surface area contributed by atoms with Crippen LogP contribution in [0.25, 0.3) is 0 Å². The fraction of sp³-hybridized carbons (Fsp3) is 0.471. The number of aryl methyl sites for hydroxylation is 1. The van der Waals surface area contributed by atoms with E-state index in [1.165, 1.54) is 10.5 Å². The summed E-state index contributed by atoms with van der Waals surface area (Å²) < 4.78 is 5.23. The summed E-state index contributed by atoms with van der Waals surface area (Å²) in [6.45, 7) is 2.77. The Kier molecular flexibility index (Phi) is 3.85. The van der Waals surface area contributed by atoms with Crippen molar-refractivity contribution >= 4 is 17.7 Å². The van der Waals surface area contributed by atoms with E-state index < -0.39 is 0 Å². The van der Waals surface area contributed by atoms with Crippen LogP contribution in [0.3, 0.4) is 0 Å². The molecule has 0 aliphatic carbocycles. The summed E-state index contributed by atoms with van der Waals surface area (Å²) >= 11 is 1.68. The predicted octanol–water partition coefficient (Wildman–Crippen LogP) is 3.01. The fourth-order valence-corrected chi connectivity index (χ4v) is 4.62. The lowest BCUT2D eigenvalue weighted by molar-refractivity contribution is -0.131. The van der Waals surface area contributed by atoms with Gasteiger partial charge in [0.1, 0.15) is 0 Å². The van der Waals surface area contributed by atoms with Gasteiger partial charge < -0.3 is 9.42 Å². The molecule has 5 nitrogen and oxygen atoms in total. The molecule has 2 aliphatic heterocycles. The van der Waals surface area contributed by atoms with E-state index in [0.717, 1.165) is 32.2 Å². The second kappa shape index (κ2) is 6.00. The van der Waals surface area contributed by atoms with Crippen LogP contribution in [-0.2, 0) is 17.6 Å². The smallest absolute Gasteiger partial charge is 0.237 e. The summed E-state index contributed by atoms with van der Waals surface area (Å²) in [4.78, 5) is 20.6. The average molecular weight is 329 g/mol. The summed E-state index contributed by atoms with van der Waals surface area (Å²) in [7, 11) is 0. The summed E-state index contributed by atoms with van der Waals surface area (Å²) in [5.41, 5.74) is 1.28. The first kappa shape index (κ1) is 14.8. The molecule has 2 aliphatic rings. The first-order chi connectivity index (χ1) is 11.3. The highest BCUT2D eigenvalue weighted by Crippen LogP contribution is 2.40. The molecule has 1 aromatic carbocycles. The third-order valence-electron chi connectivity index (χ3n) is 4.54. The number of hydrogen-bond donors (Lipinski definition) is 0. The standard InChI is InChI=1S/C17H19N3O2S/c1-2-15-18-16(19-22-15)12-7-5-9-20(12)17(21)14-10-11-6-3-4-8-13(11)23-14/h3-4,6,8,12,14H,2,5,7,9-10H2,1H3. The number of carbonyl (C=O) groups is 1. The van der Waals surface area contributed by atoms with Crippen molar-refractivity contribution in [3.05, 3.63) is 41.5 Å². The van der Waals surface area contributed by atoms with Gasteiger partial charge >= 0.3 is 0 Å².